The molecule has 0 bridgehead atoms. The molecule has 1 aromatic carbocycles. The number of esters is 1. The van der Waals surface area contributed by atoms with Gasteiger partial charge in [0.25, 0.3) is 5.91 Å². The fourth-order valence-electron chi connectivity index (χ4n) is 1.79. The van der Waals surface area contributed by atoms with E-state index >= 15 is 0 Å². The molecule has 0 spiro atoms. The van der Waals surface area contributed by atoms with E-state index < -0.39 is 18.0 Å². The molecule has 0 saturated heterocycles. The summed E-state index contributed by atoms with van der Waals surface area (Å²) in [4.78, 5) is 23.7. The van der Waals surface area contributed by atoms with Gasteiger partial charge in [-0.1, -0.05) is 23.7 Å². The van der Waals surface area contributed by atoms with Gasteiger partial charge in [-0.3, -0.25) is 9.59 Å². The van der Waals surface area contributed by atoms with Crippen molar-refractivity contribution in [1.29, 1.82) is 0 Å². The van der Waals surface area contributed by atoms with Gasteiger partial charge in [0.1, 0.15) is 5.76 Å². The Morgan fingerprint density at radius 1 is 1.27 bits per heavy atom. The number of nitrogens with one attached hydrogen (secondary N) is 1. The quantitative estimate of drug-likeness (QED) is 0.827. The van der Waals surface area contributed by atoms with Gasteiger partial charge in [-0.15, -0.1) is 0 Å². The van der Waals surface area contributed by atoms with Gasteiger partial charge < -0.3 is 14.5 Å². The van der Waals surface area contributed by atoms with Crippen molar-refractivity contribution in [3.8, 4) is 0 Å². The molecular weight excluding hydrogens is 306 g/mol. The molecule has 2 aromatic rings. The molecule has 22 heavy (non-hydrogen) atoms. The number of benzene rings is 1. The number of anilines is 1. The van der Waals surface area contributed by atoms with Crippen LogP contribution in [-0.4, -0.2) is 18.0 Å². The molecule has 1 heterocycles. The van der Waals surface area contributed by atoms with Crippen LogP contribution in [0, 0.1) is 0 Å². The molecule has 1 aromatic heterocycles. The van der Waals surface area contributed by atoms with Gasteiger partial charge in [0.2, 0.25) is 0 Å². The molecule has 1 atom stereocenters. The SMILES string of the molecule is C[C@@H](OC(=O)CCc1ccco1)C(=O)Nc1ccccc1Cl. The van der Waals surface area contributed by atoms with E-state index in [4.69, 9.17) is 20.8 Å². The predicted molar refractivity (Wildman–Crippen MR) is 82.7 cm³/mol. The van der Waals surface area contributed by atoms with Crippen molar-refractivity contribution in [2.75, 3.05) is 5.32 Å². The number of amides is 1. The Kier molecular flexibility index (Phi) is 5.61. The topological polar surface area (TPSA) is 68.5 Å². The molecule has 0 fully saturated rings. The van der Waals surface area contributed by atoms with E-state index in [0.29, 0.717) is 22.9 Å². The van der Waals surface area contributed by atoms with Crippen molar-refractivity contribution >= 4 is 29.2 Å². The average Bonchev–Trinajstić information content (AvgIpc) is 3.00. The zero-order valence-electron chi connectivity index (χ0n) is 12.0. The maximum atomic E-state index is 12.0. The lowest BCUT2D eigenvalue weighted by atomic mass is 10.2. The van der Waals surface area contributed by atoms with Crippen molar-refractivity contribution < 1.29 is 18.7 Å². The number of ether oxygens (including phenoxy) is 1. The summed E-state index contributed by atoms with van der Waals surface area (Å²) in [6, 6.07) is 10.4. The number of carbonyl (C=O) groups excluding carboxylic acids is 2. The number of aryl methyl sites for hydroxylation is 1. The Bertz CT molecular complexity index is 639. The van der Waals surface area contributed by atoms with E-state index in [2.05, 4.69) is 5.32 Å². The summed E-state index contributed by atoms with van der Waals surface area (Å²) >= 11 is 5.95. The van der Waals surface area contributed by atoms with Crippen LogP contribution >= 0.6 is 11.6 Å². The first-order chi connectivity index (χ1) is 10.6. The average molecular weight is 322 g/mol. The highest BCUT2D eigenvalue weighted by molar-refractivity contribution is 6.33. The normalized spacial score (nSPS) is 11.7. The molecule has 0 aliphatic rings. The minimum Gasteiger partial charge on any atom is -0.469 e. The Balaban J connectivity index is 1.80. The number of hydrogen-bond acceptors (Lipinski definition) is 4. The summed E-state index contributed by atoms with van der Waals surface area (Å²) in [5.41, 5.74) is 0.479. The summed E-state index contributed by atoms with van der Waals surface area (Å²) in [6.07, 6.45) is 1.22. The first-order valence-corrected chi connectivity index (χ1v) is 7.21. The zero-order valence-corrected chi connectivity index (χ0v) is 12.8. The molecule has 6 heteroatoms. The lowest BCUT2D eigenvalue weighted by Crippen LogP contribution is -2.30. The van der Waals surface area contributed by atoms with Gasteiger partial charge >= 0.3 is 5.97 Å². The van der Waals surface area contributed by atoms with Gasteiger partial charge in [0.05, 0.1) is 23.4 Å². The summed E-state index contributed by atoms with van der Waals surface area (Å²) < 4.78 is 10.2. The summed E-state index contributed by atoms with van der Waals surface area (Å²) in [5, 5.41) is 3.04. The number of halogens is 1. The molecule has 0 unspecified atom stereocenters. The first-order valence-electron chi connectivity index (χ1n) is 6.83. The summed E-state index contributed by atoms with van der Waals surface area (Å²) in [7, 11) is 0. The van der Waals surface area contributed by atoms with Crippen molar-refractivity contribution in [2.45, 2.75) is 25.9 Å². The highest BCUT2D eigenvalue weighted by atomic mass is 35.5. The van der Waals surface area contributed by atoms with Crippen molar-refractivity contribution in [3.05, 3.63) is 53.4 Å². The van der Waals surface area contributed by atoms with E-state index in [1.54, 1.807) is 42.7 Å². The monoisotopic (exact) mass is 321 g/mol. The molecule has 116 valence electrons. The van der Waals surface area contributed by atoms with Crippen LogP contribution in [0.15, 0.2) is 47.1 Å². The summed E-state index contributed by atoms with van der Waals surface area (Å²) in [5.74, 6) is -0.192. The standard InChI is InChI=1S/C16H16ClNO4/c1-11(16(20)18-14-7-3-2-6-13(14)17)22-15(19)9-8-12-5-4-10-21-12/h2-7,10-11H,8-9H2,1H3,(H,18,20)/t11-/m1/s1. The van der Waals surface area contributed by atoms with Crippen LogP contribution < -0.4 is 5.32 Å². The number of furan rings is 1. The van der Waals surface area contributed by atoms with Gasteiger partial charge in [0.15, 0.2) is 6.10 Å². The van der Waals surface area contributed by atoms with Gasteiger partial charge in [-0.05, 0) is 31.2 Å². The van der Waals surface area contributed by atoms with Gasteiger partial charge in [-0.25, -0.2) is 0 Å². The largest absolute Gasteiger partial charge is 0.469 e. The van der Waals surface area contributed by atoms with E-state index in [-0.39, 0.29) is 6.42 Å². The Morgan fingerprint density at radius 3 is 2.73 bits per heavy atom. The van der Waals surface area contributed by atoms with Crippen LogP contribution in [-0.2, 0) is 20.7 Å². The van der Waals surface area contributed by atoms with Crippen molar-refractivity contribution in [1.82, 2.24) is 0 Å². The smallest absolute Gasteiger partial charge is 0.307 e. The third-order valence-electron chi connectivity index (χ3n) is 2.96. The van der Waals surface area contributed by atoms with Crippen LogP contribution in [0.5, 0.6) is 0 Å². The Labute approximate surface area is 133 Å². The lowest BCUT2D eigenvalue weighted by Gasteiger charge is -2.14. The minimum atomic E-state index is -0.902. The zero-order chi connectivity index (χ0) is 15.9. The number of rotatable bonds is 6. The fourth-order valence-corrected chi connectivity index (χ4v) is 1.97. The molecule has 0 saturated carbocycles. The van der Waals surface area contributed by atoms with E-state index in [9.17, 15) is 9.59 Å². The van der Waals surface area contributed by atoms with Gasteiger partial charge in [-0.2, -0.15) is 0 Å². The molecule has 0 radical (unpaired) electrons. The molecular formula is C16H16ClNO4. The summed E-state index contributed by atoms with van der Waals surface area (Å²) in [6.45, 7) is 1.51. The predicted octanol–water partition coefficient (Wildman–Crippen LogP) is 3.44. The lowest BCUT2D eigenvalue weighted by molar-refractivity contribution is -0.153. The number of para-hydroxylation sites is 1. The van der Waals surface area contributed by atoms with E-state index in [1.165, 1.54) is 6.92 Å². The third kappa shape index (κ3) is 4.63. The van der Waals surface area contributed by atoms with Crippen LogP contribution in [0.1, 0.15) is 19.1 Å². The van der Waals surface area contributed by atoms with Crippen LogP contribution in [0.3, 0.4) is 0 Å². The number of hydrogen-bond donors (Lipinski definition) is 1. The Morgan fingerprint density at radius 2 is 2.05 bits per heavy atom. The second-order valence-corrected chi connectivity index (χ2v) is 5.09. The molecule has 0 aliphatic heterocycles. The second-order valence-electron chi connectivity index (χ2n) is 4.68. The highest BCUT2D eigenvalue weighted by Crippen LogP contribution is 2.20. The second kappa shape index (κ2) is 7.66. The molecule has 1 amide bonds. The van der Waals surface area contributed by atoms with Crippen LogP contribution in [0.25, 0.3) is 0 Å². The number of carbonyl (C=O) groups is 2. The molecule has 1 N–H and O–H groups in total. The maximum Gasteiger partial charge on any atom is 0.307 e. The van der Waals surface area contributed by atoms with Crippen molar-refractivity contribution in [2.24, 2.45) is 0 Å². The Hall–Kier alpha value is -2.27. The third-order valence-corrected chi connectivity index (χ3v) is 3.29. The molecule has 5 nitrogen and oxygen atoms in total. The molecule has 2 rings (SSSR count). The van der Waals surface area contributed by atoms with E-state index in [0.717, 1.165) is 0 Å². The minimum absolute atomic E-state index is 0.150. The van der Waals surface area contributed by atoms with Crippen LogP contribution in [0.4, 0.5) is 5.69 Å². The first kappa shape index (κ1) is 16.1. The van der Waals surface area contributed by atoms with Gasteiger partial charge in [0, 0.05) is 6.42 Å². The van der Waals surface area contributed by atoms with Crippen molar-refractivity contribution in [3.63, 3.8) is 0 Å². The van der Waals surface area contributed by atoms with Crippen LogP contribution in [0.2, 0.25) is 5.02 Å². The molecule has 0 aliphatic carbocycles. The van der Waals surface area contributed by atoms with E-state index in [1.807, 2.05) is 0 Å². The maximum absolute atomic E-state index is 12.0. The highest BCUT2D eigenvalue weighted by Gasteiger charge is 2.18. The fraction of sp³-hybridized carbons (Fsp3) is 0.250.